The third-order valence-electron chi connectivity index (χ3n) is 5.27. The fourth-order valence-electron chi connectivity index (χ4n) is 4.04. The molecule has 5 heteroatoms. The van der Waals surface area contributed by atoms with Crippen LogP contribution >= 0.6 is 0 Å². The van der Waals surface area contributed by atoms with E-state index in [2.05, 4.69) is 5.32 Å². The summed E-state index contributed by atoms with van der Waals surface area (Å²) in [6.07, 6.45) is 9.11. The first-order valence-corrected chi connectivity index (χ1v) is 8.56. The number of likely N-dealkylation sites (tertiary alicyclic amines) is 1. The molecule has 3 rings (SSSR count). The zero-order valence-electron chi connectivity index (χ0n) is 12.9. The van der Waals surface area contributed by atoms with Gasteiger partial charge in [0.05, 0.1) is 6.04 Å². The van der Waals surface area contributed by atoms with E-state index in [1.807, 2.05) is 9.80 Å². The maximum absolute atomic E-state index is 12.5. The lowest BCUT2D eigenvalue weighted by Gasteiger charge is -2.37. The van der Waals surface area contributed by atoms with E-state index in [9.17, 15) is 9.59 Å². The molecule has 2 heterocycles. The van der Waals surface area contributed by atoms with Crippen molar-refractivity contribution in [3.63, 3.8) is 0 Å². The van der Waals surface area contributed by atoms with E-state index in [1.54, 1.807) is 0 Å². The fourth-order valence-corrected chi connectivity index (χ4v) is 4.04. The summed E-state index contributed by atoms with van der Waals surface area (Å²) in [7, 11) is 0. The number of amides is 3. The number of urea groups is 1. The molecule has 5 nitrogen and oxygen atoms in total. The normalized spacial score (nSPS) is 27.8. The minimum Gasteiger partial charge on any atom is -0.341 e. The number of nitrogens with zero attached hydrogens (tertiary/aromatic N) is 2. The maximum Gasteiger partial charge on any atom is 0.317 e. The van der Waals surface area contributed by atoms with Gasteiger partial charge in [-0.2, -0.15) is 0 Å². The van der Waals surface area contributed by atoms with Crippen LogP contribution in [0, 0.1) is 5.92 Å². The lowest BCUT2D eigenvalue weighted by atomic mass is 9.86. The Morgan fingerprint density at radius 3 is 2.62 bits per heavy atom. The highest BCUT2D eigenvalue weighted by Crippen LogP contribution is 2.27. The van der Waals surface area contributed by atoms with Crippen molar-refractivity contribution in [3.8, 4) is 0 Å². The van der Waals surface area contributed by atoms with Crippen LogP contribution in [0.15, 0.2) is 0 Å². The Morgan fingerprint density at radius 2 is 1.90 bits per heavy atom. The molecule has 3 fully saturated rings. The average Bonchev–Trinajstić information content (AvgIpc) is 2.94. The van der Waals surface area contributed by atoms with Gasteiger partial charge in [0, 0.05) is 32.6 Å². The summed E-state index contributed by atoms with van der Waals surface area (Å²) in [4.78, 5) is 28.2. The van der Waals surface area contributed by atoms with Gasteiger partial charge in [-0.3, -0.25) is 4.79 Å². The summed E-state index contributed by atoms with van der Waals surface area (Å²) in [5.74, 6) is 0.910. The van der Waals surface area contributed by atoms with Crippen molar-refractivity contribution in [1.29, 1.82) is 0 Å². The zero-order chi connectivity index (χ0) is 14.7. The smallest absolute Gasteiger partial charge is 0.317 e. The van der Waals surface area contributed by atoms with Gasteiger partial charge in [-0.25, -0.2) is 4.79 Å². The molecule has 21 heavy (non-hydrogen) atoms. The van der Waals surface area contributed by atoms with Crippen LogP contribution in [0.5, 0.6) is 0 Å². The van der Waals surface area contributed by atoms with Gasteiger partial charge in [0.15, 0.2) is 0 Å². The number of rotatable bonds is 3. The molecule has 2 aliphatic heterocycles. The van der Waals surface area contributed by atoms with Gasteiger partial charge in [-0.15, -0.1) is 0 Å². The number of hydrogen-bond donors (Lipinski definition) is 1. The summed E-state index contributed by atoms with van der Waals surface area (Å²) in [6, 6.07) is 0.262. The molecule has 1 saturated carbocycles. The highest BCUT2D eigenvalue weighted by Gasteiger charge is 2.33. The monoisotopic (exact) mass is 293 g/mol. The zero-order valence-corrected chi connectivity index (χ0v) is 12.9. The van der Waals surface area contributed by atoms with E-state index in [1.165, 1.54) is 32.1 Å². The van der Waals surface area contributed by atoms with Gasteiger partial charge < -0.3 is 15.1 Å². The number of hydrogen-bond acceptors (Lipinski definition) is 2. The van der Waals surface area contributed by atoms with Crippen LogP contribution in [0.3, 0.4) is 0 Å². The number of piperidine rings is 1. The third kappa shape index (κ3) is 3.50. The molecule has 2 saturated heterocycles. The van der Waals surface area contributed by atoms with Crippen molar-refractivity contribution in [2.75, 3.05) is 26.2 Å². The van der Waals surface area contributed by atoms with Gasteiger partial charge in [-0.05, 0) is 31.6 Å². The fraction of sp³-hybridized carbons (Fsp3) is 0.875. The van der Waals surface area contributed by atoms with Crippen LogP contribution in [0.1, 0.15) is 51.4 Å². The predicted molar refractivity (Wildman–Crippen MR) is 80.9 cm³/mol. The first-order chi connectivity index (χ1) is 10.2. The molecule has 0 aromatic rings. The Bertz CT molecular complexity index is 393. The highest BCUT2D eigenvalue weighted by molar-refractivity contribution is 5.78. The number of carbonyl (C=O) groups is 2. The molecule has 0 radical (unpaired) electrons. The van der Waals surface area contributed by atoms with E-state index >= 15 is 0 Å². The minimum absolute atomic E-state index is 0.0431. The topological polar surface area (TPSA) is 52.7 Å². The predicted octanol–water partition coefficient (Wildman–Crippen LogP) is 1.97. The van der Waals surface area contributed by atoms with Gasteiger partial charge in [0.1, 0.15) is 0 Å². The van der Waals surface area contributed by atoms with Crippen molar-refractivity contribution in [1.82, 2.24) is 15.1 Å². The molecule has 0 aromatic heterocycles. The lowest BCUT2D eigenvalue weighted by Crippen LogP contribution is -2.51. The standard InChI is InChI=1S/C16H27N3O2/c20-15(11-13-5-2-1-3-6-13)18-9-4-7-14(12-18)19-10-8-17-16(19)21/h13-14H,1-12H2,(H,17,21). The van der Waals surface area contributed by atoms with E-state index in [4.69, 9.17) is 0 Å². The molecule has 1 atom stereocenters. The molecule has 0 bridgehead atoms. The molecule has 1 unspecified atom stereocenters. The molecule has 3 aliphatic rings. The summed E-state index contributed by atoms with van der Waals surface area (Å²) in [5, 5.41) is 2.86. The van der Waals surface area contributed by atoms with Gasteiger partial charge in [0.25, 0.3) is 0 Å². The van der Waals surface area contributed by atoms with Crippen molar-refractivity contribution >= 4 is 11.9 Å². The Kier molecular flexibility index (Phi) is 4.66. The number of nitrogens with one attached hydrogen (secondary N) is 1. The van der Waals surface area contributed by atoms with Crippen LogP contribution in [0.2, 0.25) is 0 Å². The molecular formula is C16H27N3O2. The Balaban J connectivity index is 1.52. The van der Waals surface area contributed by atoms with E-state index in [-0.39, 0.29) is 12.1 Å². The van der Waals surface area contributed by atoms with E-state index in [0.29, 0.717) is 11.8 Å². The molecular weight excluding hydrogens is 266 g/mol. The summed E-state index contributed by atoms with van der Waals surface area (Å²) >= 11 is 0. The largest absolute Gasteiger partial charge is 0.341 e. The molecule has 0 spiro atoms. The van der Waals surface area contributed by atoms with Crippen molar-refractivity contribution in [2.24, 2.45) is 5.92 Å². The van der Waals surface area contributed by atoms with Crippen LogP contribution in [-0.4, -0.2) is 54.0 Å². The SMILES string of the molecule is O=C(CC1CCCCC1)N1CCCC(N2CCNC2=O)C1. The van der Waals surface area contributed by atoms with Gasteiger partial charge in [-0.1, -0.05) is 19.3 Å². The van der Waals surface area contributed by atoms with Crippen LogP contribution in [-0.2, 0) is 4.79 Å². The molecule has 1 N–H and O–H groups in total. The molecule has 1 aliphatic carbocycles. The van der Waals surface area contributed by atoms with Gasteiger partial charge >= 0.3 is 6.03 Å². The number of carbonyl (C=O) groups excluding carboxylic acids is 2. The molecule has 3 amide bonds. The van der Waals surface area contributed by atoms with E-state index < -0.39 is 0 Å². The second-order valence-electron chi connectivity index (χ2n) is 6.77. The van der Waals surface area contributed by atoms with Crippen LogP contribution in [0.25, 0.3) is 0 Å². The first-order valence-electron chi connectivity index (χ1n) is 8.56. The second kappa shape index (κ2) is 6.67. The highest BCUT2D eigenvalue weighted by atomic mass is 16.2. The van der Waals surface area contributed by atoms with Crippen molar-refractivity contribution < 1.29 is 9.59 Å². The lowest BCUT2D eigenvalue weighted by molar-refractivity contribution is -0.134. The Morgan fingerprint density at radius 1 is 1.10 bits per heavy atom. The summed E-state index contributed by atoms with van der Waals surface area (Å²) < 4.78 is 0. The maximum atomic E-state index is 12.5. The Hall–Kier alpha value is -1.26. The minimum atomic E-state index is 0.0431. The van der Waals surface area contributed by atoms with Crippen LogP contribution < -0.4 is 5.32 Å². The summed E-state index contributed by atoms with van der Waals surface area (Å²) in [5.41, 5.74) is 0. The van der Waals surface area contributed by atoms with Crippen molar-refractivity contribution in [2.45, 2.75) is 57.4 Å². The molecule has 0 aromatic carbocycles. The van der Waals surface area contributed by atoms with E-state index in [0.717, 1.165) is 45.4 Å². The molecule has 118 valence electrons. The second-order valence-corrected chi connectivity index (χ2v) is 6.77. The Labute approximate surface area is 127 Å². The third-order valence-corrected chi connectivity index (χ3v) is 5.27. The first kappa shape index (κ1) is 14.7. The van der Waals surface area contributed by atoms with Gasteiger partial charge in [0.2, 0.25) is 5.91 Å². The average molecular weight is 293 g/mol. The summed E-state index contributed by atoms with van der Waals surface area (Å²) in [6.45, 7) is 3.13. The quantitative estimate of drug-likeness (QED) is 0.865. The van der Waals surface area contributed by atoms with Crippen LogP contribution in [0.4, 0.5) is 4.79 Å². The van der Waals surface area contributed by atoms with Crippen molar-refractivity contribution in [3.05, 3.63) is 0 Å².